The minimum atomic E-state index is 0.873. The molecule has 0 amide bonds. The highest BCUT2D eigenvalue weighted by Crippen LogP contribution is 2.03. The van der Waals surface area contributed by atoms with Crippen LogP contribution in [0.15, 0.2) is 24.4 Å². The Morgan fingerprint density at radius 3 is 2.90 bits per heavy atom. The molecule has 0 saturated carbocycles. The van der Waals surface area contributed by atoms with Gasteiger partial charge in [0.1, 0.15) is 5.82 Å². The van der Waals surface area contributed by atoms with Crippen LogP contribution in [0.4, 0.5) is 5.82 Å². The first kappa shape index (κ1) is 7.15. The van der Waals surface area contributed by atoms with Crippen molar-refractivity contribution >= 4 is 23.5 Å². The molecule has 0 aromatic carbocycles. The van der Waals surface area contributed by atoms with Crippen molar-refractivity contribution in [3.63, 3.8) is 0 Å². The van der Waals surface area contributed by atoms with Crippen LogP contribution >= 0.6 is 12.2 Å². The molecule has 0 radical (unpaired) electrons. The van der Waals surface area contributed by atoms with Gasteiger partial charge in [-0.25, -0.2) is 4.98 Å². The van der Waals surface area contributed by atoms with Crippen LogP contribution in [0.2, 0.25) is 0 Å². The van der Waals surface area contributed by atoms with E-state index in [1.54, 1.807) is 16.6 Å². The Hall–Kier alpha value is -0.960. The molecule has 3 heteroatoms. The summed E-state index contributed by atoms with van der Waals surface area (Å²) in [4.78, 5) is 5.86. The van der Waals surface area contributed by atoms with E-state index in [9.17, 15) is 0 Å². The summed E-state index contributed by atoms with van der Waals surface area (Å²) >= 11 is 4.72. The van der Waals surface area contributed by atoms with E-state index in [-0.39, 0.29) is 0 Å². The van der Waals surface area contributed by atoms with E-state index in [2.05, 4.69) is 4.98 Å². The third-order valence-electron chi connectivity index (χ3n) is 1.17. The van der Waals surface area contributed by atoms with Crippen LogP contribution < -0.4 is 4.90 Å². The molecule has 0 aliphatic heterocycles. The minimum absolute atomic E-state index is 0.873. The van der Waals surface area contributed by atoms with Gasteiger partial charge in [0.05, 0.1) is 5.49 Å². The first-order valence-corrected chi connectivity index (χ1v) is 3.41. The van der Waals surface area contributed by atoms with Gasteiger partial charge in [-0.2, -0.15) is 0 Å². The number of anilines is 1. The van der Waals surface area contributed by atoms with Gasteiger partial charge >= 0.3 is 0 Å². The molecule has 1 aromatic heterocycles. The zero-order valence-electron chi connectivity index (χ0n) is 5.69. The summed E-state index contributed by atoms with van der Waals surface area (Å²) < 4.78 is 0. The SMILES string of the molecule is CN(C=S)c1ccccn1. The molecule has 0 unspecified atom stereocenters. The molecule has 0 N–H and O–H groups in total. The van der Waals surface area contributed by atoms with Crippen LogP contribution in [0.25, 0.3) is 0 Å². The van der Waals surface area contributed by atoms with Gasteiger partial charge in [-0.1, -0.05) is 18.3 Å². The zero-order chi connectivity index (χ0) is 7.40. The van der Waals surface area contributed by atoms with Gasteiger partial charge < -0.3 is 4.90 Å². The first-order chi connectivity index (χ1) is 4.84. The van der Waals surface area contributed by atoms with Crippen LogP contribution in [-0.4, -0.2) is 17.5 Å². The van der Waals surface area contributed by atoms with Crippen LogP contribution in [0.3, 0.4) is 0 Å². The lowest BCUT2D eigenvalue weighted by Gasteiger charge is -2.08. The molecular formula is C7H8N2S. The van der Waals surface area contributed by atoms with Gasteiger partial charge in [-0.3, -0.25) is 0 Å². The Balaban J connectivity index is 2.84. The number of pyridine rings is 1. The Morgan fingerprint density at radius 2 is 2.40 bits per heavy atom. The fourth-order valence-electron chi connectivity index (χ4n) is 0.616. The van der Waals surface area contributed by atoms with Crippen molar-refractivity contribution in [2.45, 2.75) is 0 Å². The highest BCUT2D eigenvalue weighted by Gasteiger charge is 1.93. The summed E-state index contributed by atoms with van der Waals surface area (Å²) in [5.74, 6) is 0.873. The molecule has 0 atom stereocenters. The second kappa shape index (κ2) is 3.27. The van der Waals surface area contributed by atoms with Gasteiger partial charge in [0, 0.05) is 13.2 Å². The van der Waals surface area contributed by atoms with E-state index in [0.29, 0.717) is 0 Å². The predicted molar refractivity (Wildman–Crippen MR) is 46.3 cm³/mol. The quantitative estimate of drug-likeness (QED) is 0.597. The molecule has 0 fully saturated rings. The fourth-order valence-corrected chi connectivity index (χ4v) is 0.724. The summed E-state index contributed by atoms with van der Waals surface area (Å²) in [7, 11) is 1.87. The van der Waals surface area contributed by atoms with E-state index in [0.717, 1.165) is 5.82 Å². The monoisotopic (exact) mass is 152 g/mol. The predicted octanol–water partition coefficient (Wildman–Crippen LogP) is 1.48. The number of nitrogens with zero attached hydrogens (tertiary/aromatic N) is 2. The minimum Gasteiger partial charge on any atom is -0.327 e. The molecular weight excluding hydrogens is 144 g/mol. The van der Waals surface area contributed by atoms with E-state index in [1.165, 1.54) is 0 Å². The number of thiocarbonyl (C=S) groups is 1. The van der Waals surface area contributed by atoms with Gasteiger partial charge in [-0.05, 0) is 12.1 Å². The molecule has 0 spiro atoms. The largest absolute Gasteiger partial charge is 0.327 e. The van der Waals surface area contributed by atoms with Crippen LogP contribution in [0.1, 0.15) is 0 Å². The fraction of sp³-hybridized carbons (Fsp3) is 0.143. The number of aromatic nitrogens is 1. The van der Waals surface area contributed by atoms with Crippen LogP contribution in [0.5, 0.6) is 0 Å². The Bertz CT molecular complexity index is 210. The lowest BCUT2D eigenvalue weighted by atomic mass is 10.4. The summed E-state index contributed by atoms with van der Waals surface area (Å²) in [6.07, 6.45) is 1.74. The third kappa shape index (κ3) is 1.51. The molecule has 10 heavy (non-hydrogen) atoms. The van der Waals surface area contributed by atoms with Crippen LogP contribution in [-0.2, 0) is 0 Å². The van der Waals surface area contributed by atoms with Crippen LogP contribution in [0, 0.1) is 0 Å². The van der Waals surface area contributed by atoms with Crippen molar-refractivity contribution in [3.05, 3.63) is 24.4 Å². The summed E-state index contributed by atoms with van der Waals surface area (Å²) in [6, 6.07) is 5.71. The standard InChI is InChI=1S/C7H8N2S/c1-9(6-10)7-4-2-3-5-8-7/h2-6H,1H3. The van der Waals surface area contributed by atoms with E-state index < -0.39 is 0 Å². The number of hydrogen-bond donors (Lipinski definition) is 0. The lowest BCUT2D eigenvalue weighted by molar-refractivity contribution is 1.19. The molecule has 0 saturated heterocycles. The molecule has 1 heterocycles. The Morgan fingerprint density at radius 1 is 1.60 bits per heavy atom. The molecule has 52 valence electrons. The Labute approximate surface area is 65.5 Å². The maximum atomic E-state index is 4.72. The van der Waals surface area contributed by atoms with Gasteiger partial charge in [-0.15, -0.1) is 0 Å². The van der Waals surface area contributed by atoms with Gasteiger partial charge in [0.2, 0.25) is 0 Å². The zero-order valence-corrected chi connectivity index (χ0v) is 6.51. The van der Waals surface area contributed by atoms with Crippen molar-refractivity contribution in [2.24, 2.45) is 0 Å². The molecule has 0 aliphatic rings. The summed E-state index contributed by atoms with van der Waals surface area (Å²) in [5.41, 5.74) is 1.56. The lowest BCUT2D eigenvalue weighted by Crippen LogP contribution is -2.13. The van der Waals surface area contributed by atoms with Crippen molar-refractivity contribution in [1.82, 2.24) is 4.98 Å². The first-order valence-electron chi connectivity index (χ1n) is 2.94. The Kier molecular flexibility index (Phi) is 2.34. The average Bonchev–Trinajstić information content (AvgIpc) is 2.05. The maximum Gasteiger partial charge on any atom is 0.132 e. The van der Waals surface area contributed by atoms with Crippen molar-refractivity contribution < 1.29 is 0 Å². The molecule has 0 bridgehead atoms. The molecule has 1 rings (SSSR count). The highest BCUT2D eigenvalue weighted by molar-refractivity contribution is 7.79. The topological polar surface area (TPSA) is 16.1 Å². The van der Waals surface area contributed by atoms with E-state index in [4.69, 9.17) is 12.2 Å². The smallest absolute Gasteiger partial charge is 0.132 e. The van der Waals surface area contributed by atoms with Gasteiger partial charge in [0.15, 0.2) is 0 Å². The third-order valence-corrected chi connectivity index (χ3v) is 1.48. The summed E-state index contributed by atoms with van der Waals surface area (Å²) in [6.45, 7) is 0. The number of hydrogen-bond acceptors (Lipinski definition) is 2. The highest BCUT2D eigenvalue weighted by atomic mass is 32.1. The van der Waals surface area contributed by atoms with Gasteiger partial charge in [0.25, 0.3) is 0 Å². The van der Waals surface area contributed by atoms with Crippen molar-refractivity contribution in [3.8, 4) is 0 Å². The second-order valence-corrected chi connectivity index (χ2v) is 2.12. The normalized spacial score (nSPS) is 8.90. The average molecular weight is 152 g/mol. The maximum absolute atomic E-state index is 4.72. The van der Waals surface area contributed by atoms with Crippen molar-refractivity contribution in [1.29, 1.82) is 0 Å². The van der Waals surface area contributed by atoms with E-state index >= 15 is 0 Å². The molecule has 1 aromatic rings. The summed E-state index contributed by atoms with van der Waals surface area (Å²) in [5, 5.41) is 0. The van der Waals surface area contributed by atoms with E-state index in [1.807, 2.05) is 25.2 Å². The molecule has 2 nitrogen and oxygen atoms in total. The second-order valence-electron chi connectivity index (χ2n) is 1.90. The van der Waals surface area contributed by atoms with Crippen molar-refractivity contribution in [2.75, 3.05) is 11.9 Å². The molecule has 0 aliphatic carbocycles. The number of rotatable bonds is 2.